The van der Waals surface area contributed by atoms with E-state index in [0.717, 1.165) is 0 Å². The second-order valence-corrected chi connectivity index (χ2v) is 1.65. The third-order valence-electron chi connectivity index (χ3n) is 0.486. The van der Waals surface area contributed by atoms with E-state index in [0.29, 0.717) is 12.3 Å². The van der Waals surface area contributed by atoms with Crippen LogP contribution in [0, 0.1) is 0 Å². The van der Waals surface area contributed by atoms with E-state index >= 15 is 0 Å². The minimum absolute atomic E-state index is 0. The van der Waals surface area contributed by atoms with Gasteiger partial charge in [-0.2, -0.15) is 12.6 Å². The average Bonchev–Trinajstić information content (AvgIpc) is 1.61. The Morgan fingerprint density at radius 1 is 1.88 bits per heavy atom. The summed E-state index contributed by atoms with van der Waals surface area (Å²) >= 11 is 3.88. The van der Waals surface area contributed by atoms with E-state index in [1.807, 2.05) is 0 Å². The van der Waals surface area contributed by atoms with Crippen molar-refractivity contribution < 1.29 is 35.8 Å². The topological polar surface area (TPSA) is 29.1 Å². The average molecular weight is 143 g/mol. The zero-order chi connectivity index (χ0) is 5.70. The second-order valence-electron chi connectivity index (χ2n) is 1.21. The quantitative estimate of drug-likeness (QED) is 0.317. The molecular weight excluding hydrogens is 133 g/mol. The van der Waals surface area contributed by atoms with Gasteiger partial charge in [-0.3, -0.25) is 4.79 Å². The van der Waals surface area contributed by atoms with Gasteiger partial charge in [-0.15, -0.1) is 0 Å². The minimum atomic E-state index is 0. The van der Waals surface area contributed by atoms with E-state index < -0.39 is 0 Å². The van der Waals surface area contributed by atoms with Crippen molar-refractivity contribution in [2.24, 2.45) is 0 Å². The molecule has 0 fully saturated rings. The second kappa shape index (κ2) is 7.82. The van der Waals surface area contributed by atoms with Crippen LogP contribution in [0.1, 0.15) is 8.35 Å². The van der Waals surface area contributed by atoms with Crippen LogP contribution in [-0.2, 0) is 4.79 Å². The predicted octanol–water partition coefficient (Wildman–Crippen LogP) is -2.83. The Kier molecular flexibility index (Phi) is 11.3. The largest absolute Gasteiger partial charge is 1.00 e. The predicted molar refractivity (Wildman–Crippen MR) is 33.6 cm³/mol. The first-order valence-electron chi connectivity index (χ1n) is 2.12. The summed E-state index contributed by atoms with van der Waals surface area (Å²) in [4.78, 5) is 10.1. The maximum atomic E-state index is 10.1. The summed E-state index contributed by atoms with van der Waals surface area (Å²) in [7, 11) is 0. The molecule has 0 atom stereocenters. The molecule has 0 spiro atoms. The van der Waals surface area contributed by atoms with Crippen LogP contribution in [0.3, 0.4) is 0 Å². The van der Waals surface area contributed by atoms with Gasteiger partial charge in [0.05, 0.1) is 0 Å². The van der Waals surface area contributed by atoms with Gasteiger partial charge in [0.15, 0.2) is 0 Å². The molecule has 0 aliphatic carbocycles. The van der Waals surface area contributed by atoms with Crippen molar-refractivity contribution in [3.05, 3.63) is 0 Å². The molecule has 0 aromatic rings. The van der Waals surface area contributed by atoms with E-state index in [1.165, 1.54) is 6.92 Å². The number of nitrogens with one attached hydrogen (secondary N) is 1. The Bertz CT molecular complexity index is 73.6. The Hall–Kier alpha value is 0.820. The zero-order valence-corrected chi connectivity index (χ0v) is 8.16. The van der Waals surface area contributed by atoms with Crippen LogP contribution in [0.2, 0.25) is 0 Å². The maximum Gasteiger partial charge on any atom is 1.00 e. The standard InChI is InChI=1S/C4H9NOS.Na.H/c1-4(6)5-2-3-7;;/h7H,2-3H2,1H3,(H,5,6);;/q;+1;-1. The molecule has 44 valence electrons. The van der Waals surface area contributed by atoms with E-state index in [1.54, 1.807) is 0 Å². The summed E-state index contributed by atoms with van der Waals surface area (Å²) in [6.45, 7) is 2.15. The molecule has 1 amide bonds. The molecule has 0 unspecified atom stereocenters. The number of rotatable bonds is 2. The summed E-state index contributed by atoms with van der Waals surface area (Å²) in [6.07, 6.45) is 0. The van der Waals surface area contributed by atoms with E-state index in [2.05, 4.69) is 17.9 Å². The van der Waals surface area contributed by atoms with Crippen molar-refractivity contribution in [3.63, 3.8) is 0 Å². The molecule has 4 heteroatoms. The number of amides is 1. The van der Waals surface area contributed by atoms with Gasteiger partial charge in [0.25, 0.3) is 0 Å². The summed E-state index contributed by atoms with van der Waals surface area (Å²) in [5.74, 6) is 0.716. The minimum Gasteiger partial charge on any atom is -1.00 e. The fourth-order valence-electron chi connectivity index (χ4n) is 0.232. The van der Waals surface area contributed by atoms with E-state index in [9.17, 15) is 4.79 Å². The molecule has 1 N–H and O–H groups in total. The molecule has 0 aliphatic rings. The Morgan fingerprint density at radius 2 is 2.38 bits per heavy atom. The molecule has 0 rings (SSSR count). The fraction of sp³-hybridized carbons (Fsp3) is 0.750. The van der Waals surface area contributed by atoms with Crippen molar-refractivity contribution in [1.82, 2.24) is 5.32 Å². The first kappa shape index (κ1) is 11.6. The van der Waals surface area contributed by atoms with E-state index in [4.69, 9.17) is 0 Å². The Labute approximate surface area is 78.6 Å². The van der Waals surface area contributed by atoms with Crippen molar-refractivity contribution in [3.8, 4) is 0 Å². The third kappa shape index (κ3) is 9.94. The normalized spacial score (nSPS) is 7.25. The zero-order valence-electron chi connectivity index (χ0n) is 6.27. The third-order valence-corrected chi connectivity index (χ3v) is 0.709. The van der Waals surface area contributed by atoms with Gasteiger partial charge in [-0.25, -0.2) is 0 Å². The molecule has 0 aromatic heterocycles. The molecule has 0 heterocycles. The fourth-order valence-corrected chi connectivity index (χ4v) is 0.344. The summed E-state index contributed by atoms with van der Waals surface area (Å²) in [6, 6.07) is 0. The molecule has 0 radical (unpaired) electrons. The van der Waals surface area contributed by atoms with Gasteiger partial charge >= 0.3 is 29.6 Å². The van der Waals surface area contributed by atoms with E-state index in [-0.39, 0.29) is 36.9 Å². The summed E-state index contributed by atoms with van der Waals surface area (Å²) in [5.41, 5.74) is 0. The number of carbonyl (C=O) groups excluding carboxylic acids is 1. The van der Waals surface area contributed by atoms with Gasteiger partial charge < -0.3 is 6.74 Å². The van der Waals surface area contributed by atoms with Crippen molar-refractivity contribution in [1.29, 1.82) is 0 Å². The summed E-state index contributed by atoms with van der Waals surface area (Å²) in [5, 5.41) is 2.58. The van der Waals surface area contributed by atoms with Gasteiger partial charge in [0, 0.05) is 19.2 Å². The molecular formula is C4H10NNaOS. The van der Waals surface area contributed by atoms with Crippen molar-refractivity contribution >= 4 is 18.5 Å². The first-order valence-corrected chi connectivity index (χ1v) is 2.76. The van der Waals surface area contributed by atoms with Crippen LogP contribution in [-0.4, -0.2) is 18.2 Å². The monoisotopic (exact) mass is 143 g/mol. The molecule has 0 saturated heterocycles. The van der Waals surface area contributed by atoms with Gasteiger partial charge in [0.2, 0.25) is 5.91 Å². The SMILES string of the molecule is CC(=O)NCCS.[H-].[Na+]. The number of hydrogen-bond donors (Lipinski definition) is 2. The smallest absolute Gasteiger partial charge is 1.00 e. The number of thiol groups is 1. The molecule has 2 nitrogen and oxygen atoms in total. The molecule has 0 aliphatic heterocycles. The summed E-state index contributed by atoms with van der Waals surface area (Å²) < 4.78 is 0. The van der Waals surface area contributed by atoms with Crippen LogP contribution in [0.25, 0.3) is 0 Å². The van der Waals surface area contributed by atoms with Crippen LogP contribution in [0.15, 0.2) is 0 Å². The molecule has 8 heavy (non-hydrogen) atoms. The van der Waals surface area contributed by atoms with Gasteiger partial charge in [-0.1, -0.05) is 0 Å². The van der Waals surface area contributed by atoms with Crippen LogP contribution in [0.4, 0.5) is 0 Å². The van der Waals surface area contributed by atoms with Crippen molar-refractivity contribution in [2.75, 3.05) is 12.3 Å². The van der Waals surface area contributed by atoms with Crippen LogP contribution in [0.5, 0.6) is 0 Å². The molecule has 0 bridgehead atoms. The number of carbonyl (C=O) groups is 1. The van der Waals surface area contributed by atoms with Gasteiger partial charge in [-0.05, 0) is 0 Å². The van der Waals surface area contributed by atoms with Crippen LogP contribution < -0.4 is 34.9 Å². The Balaban J connectivity index is -0.000000180. The molecule has 0 saturated carbocycles. The maximum absolute atomic E-state index is 10.1. The van der Waals surface area contributed by atoms with Gasteiger partial charge in [0.1, 0.15) is 0 Å². The Morgan fingerprint density at radius 3 is 2.50 bits per heavy atom. The number of hydrogen-bond acceptors (Lipinski definition) is 2. The molecule has 0 aromatic carbocycles. The van der Waals surface area contributed by atoms with Crippen molar-refractivity contribution in [2.45, 2.75) is 6.92 Å². The first-order chi connectivity index (χ1) is 3.27. The van der Waals surface area contributed by atoms with Crippen LogP contribution >= 0.6 is 12.6 Å².